The summed E-state index contributed by atoms with van der Waals surface area (Å²) in [5.74, 6) is 4.70. The van der Waals surface area contributed by atoms with Crippen molar-refractivity contribution in [2.24, 2.45) is 46.3 Å². The molecule has 0 bridgehead atoms. The number of carbonyl (C=O) groups is 1. The fourth-order valence-electron chi connectivity index (χ4n) is 9.49. The summed E-state index contributed by atoms with van der Waals surface area (Å²) in [6.07, 6.45) is 15.4. The maximum Gasteiger partial charge on any atom is 0.338 e. The topological polar surface area (TPSA) is 26.3 Å². The highest BCUT2D eigenvalue weighted by atomic mass is 79.9. The Morgan fingerprint density at radius 1 is 1.00 bits per heavy atom. The Labute approximate surface area is 234 Å². The highest BCUT2D eigenvalue weighted by Crippen LogP contribution is 2.68. The first-order valence-corrected chi connectivity index (χ1v) is 16.2. The number of hydrogen-bond acceptors (Lipinski definition) is 2. The van der Waals surface area contributed by atoms with Gasteiger partial charge in [-0.25, -0.2) is 4.79 Å². The monoisotopic (exact) mass is 568 g/mol. The molecule has 3 fully saturated rings. The molecule has 204 valence electrons. The van der Waals surface area contributed by atoms with Crippen LogP contribution in [-0.4, -0.2) is 16.9 Å². The Bertz CT molecular complexity index is 985. The second-order valence-electron chi connectivity index (χ2n) is 14.0. The summed E-state index contributed by atoms with van der Waals surface area (Å²) < 4.78 is 6.02. The van der Waals surface area contributed by atoms with Crippen LogP contribution in [0, 0.1) is 46.3 Å². The van der Waals surface area contributed by atoms with Gasteiger partial charge in [-0.3, -0.25) is 0 Å². The molecule has 1 aromatic rings. The number of ether oxygens (including phenoxy) is 1. The van der Waals surface area contributed by atoms with E-state index in [4.69, 9.17) is 4.74 Å². The van der Waals surface area contributed by atoms with E-state index >= 15 is 0 Å². The van der Waals surface area contributed by atoms with Crippen molar-refractivity contribution < 1.29 is 9.53 Å². The normalized spacial score (nSPS) is 39.8. The van der Waals surface area contributed by atoms with E-state index < -0.39 is 0 Å². The van der Waals surface area contributed by atoms with Crippen molar-refractivity contribution in [3.8, 4) is 0 Å². The zero-order valence-corrected chi connectivity index (χ0v) is 25.4. The summed E-state index contributed by atoms with van der Waals surface area (Å²) in [5.41, 5.74) is 2.96. The molecule has 4 aliphatic carbocycles. The molecular weight excluding hydrogens is 520 g/mol. The molecule has 9 atom stereocenters. The van der Waals surface area contributed by atoms with E-state index in [1.165, 1.54) is 44.9 Å². The number of esters is 1. The molecule has 0 radical (unpaired) electrons. The van der Waals surface area contributed by atoms with E-state index in [0.717, 1.165) is 54.8 Å². The number of benzene rings is 1. The summed E-state index contributed by atoms with van der Waals surface area (Å²) in [6.45, 7) is 12.5. The van der Waals surface area contributed by atoms with Crippen LogP contribution in [0.15, 0.2) is 42.0 Å². The SMILES string of the molecule is CC(C)CCCC(C)[C@H]1CC[C@H]2[C@@H]3C(Br)C=C4C[C@@H](OC(=O)c5ccccc5)CC[C@]4(C)[C@H]3CC[C@]12C. The number of halogens is 1. The number of rotatable bonds is 7. The minimum atomic E-state index is -0.174. The molecule has 2 nitrogen and oxygen atoms in total. The van der Waals surface area contributed by atoms with Crippen LogP contribution in [0.25, 0.3) is 0 Å². The minimum Gasteiger partial charge on any atom is -0.458 e. The molecule has 2 unspecified atom stereocenters. The fraction of sp³-hybridized carbons (Fsp3) is 0.735. The van der Waals surface area contributed by atoms with Gasteiger partial charge in [0.05, 0.1) is 5.56 Å². The second kappa shape index (κ2) is 10.8. The van der Waals surface area contributed by atoms with Gasteiger partial charge in [0.1, 0.15) is 6.10 Å². The minimum absolute atomic E-state index is 0.000290. The number of fused-ring (bicyclic) bond motifs is 5. The molecule has 3 heteroatoms. The average molecular weight is 570 g/mol. The van der Waals surface area contributed by atoms with Crippen molar-refractivity contribution in [3.05, 3.63) is 47.5 Å². The molecule has 1 aromatic carbocycles. The smallest absolute Gasteiger partial charge is 0.338 e. The van der Waals surface area contributed by atoms with Gasteiger partial charge in [-0.15, -0.1) is 0 Å². The zero-order chi connectivity index (χ0) is 26.4. The summed E-state index contributed by atoms with van der Waals surface area (Å²) in [4.78, 5) is 13.2. The Balaban J connectivity index is 1.29. The zero-order valence-electron chi connectivity index (χ0n) is 23.8. The molecule has 3 saturated carbocycles. The quantitative estimate of drug-likeness (QED) is 0.186. The molecule has 0 spiro atoms. The third-order valence-electron chi connectivity index (χ3n) is 11.5. The fourth-order valence-corrected chi connectivity index (χ4v) is 10.5. The van der Waals surface area contributed by atoms with Gasteiger partial charge in [-0.2, -0.15) is 0 Å². The lowest BCUT2D eigenvalue weighted by atomic mass is 9.47. The van der Waals surface area contributed by atoms with Crippen molar-refractivity contribution >= 4 is 21.9 Å². The van der Waals surface area contributed by atoms with Gasteiger partial charge >= 0.3 is 5.97 Å². The third kappa shape index (κ3) is 5.12. The van der Waals surface area contributed by atoms with Gasteiger partial charge in [-0.1, -0.05) is 99.7 Å². The molecule has 4 aliphatic rings. The number of carbonyl (C=O) groups excluding carboxylic acids is 1. The van der Waals surface area contributed by atoms with E-state index in [9.17, 15) is 4.79 Å². The first-order chi connectivity index (χ1) is 17.6. The van der Waals surface area contributed by atoms with E-state index in [0.29, 0.717) is 15.8 Å². The van der Waals surface area contributed by atoms with Crippen molar-refractivity contribution in [1.29, 1.82) is 0 Å². The molecule has 0 aromatic heterocycles. The van der Waals surface area contributed by atoms with Crippen LogP contribution in [0.3, 0.4) is 0 Å². The lowest BCUT2D eigenvalue weighted by Crippen LogP contribution is -2.54. The number of alkyl halides is 1. The molecule has 0 N–H and O–H groups in total. The lowest BCUT2D eigenvalue weighted by molar-refractivity contribution is -0.0567. The van der Waals surface area contributed by atoms with Crippen molar-refractivity contribution in [2.75, 3.05) is 0 Å². The predicted molar refractivity (Wildman–Crippen MR) is 157 cm³/mol. The standard InChI is InChI=1S/C34H49BrO2/c1-22(2)10-9-11-23(3)27-14-15-28-31-29(17-19-34(27,28)5)33(4)18-16-26(20-25(33)21-30(31)35)37-32(36)24-12-7-6-8-13-24/h6-8,12-13,21-23,26-31H,9-11,14-20H2,1-5H3/t23?,26-,27+,28-,29-,30?,31-,33-,34+/m0/s1. The number of hydrogen-bond donors (Lipinski definition) is 0. The van der Waals surface area contributed by atoms with Gasteiger partial charge in [0.25, 0.3) is 0 Å². The van der Waals surface area contributed by atoms with Crippen LogP contribution in [-0.2, 0) is 4.74 Å². The van der Waals surface area contributed by atoms with E-state index in [-0.39, 0.29) is 17.5 Å². The summed E-state index contributed by atoms with van der Waals surface area (Å²) in [6, 6.07) is 9.47. The molecule has 0 heterocycles. The molecule has 37 heavy (non-hydrogen) atoms. The van der Waals surface area contributed by atoms with Gasteiger partial charge in [0.15, 0.2) is 0 Å². The van der Waals surface area contributed by atoms with Crippen LogP contribution in [0.4, 0.5) is 0 Å². The summed E-state index contributed by atoms with van der Waals surface area (Å²) in [7, 11) is 0. The Morgan fingerprint density at radius 2 is 1.76 bits per heavy atom. The van der Waals surface area contributed by atoms with Crippen molar-refractivity contribution in [1.82, 2.24) is 0 Å². The van der Waals surface area contributed by atoms with E-state index in [1.807, 2.05) is 30.3 Å². The van der Waals surface area contributed by atoms with Crippen LogP contribution in [0.1, 0.15) is 109 Å². The highest BCUT2D eigenvalue weighted by molar-refractivity contribution is 9.09. The van der Waals surface area contributed by atoms with Crippen LogP contribution in [0.2, 0.25) is 0 Å². The average Bonchev–Trinajstić information content (AvgIpc) is 3.22. The predicted octanol–water partition coefficient (Wildman–Crippen LogP) is 9.63. The first kappa shape index (κ1) is 27.5. The van der Waals surface area contributed by atoms with Crippen molar-refractivity contribution in [2.45, 2.75) is 110 Å². The Kier molecular flexibility index (Phi) is 8.03. The van der Waals surface area contributed by atoms with Crippen molar-refractivity contribution in [3.63, 3.8) is 0 Å². The van der Waals surface area contributed by atoms with E-state index in [2.05, 4.69) is 56.6 Å². The van der Waals surface area contributed by atoms with Gasteiger partial charge in [0, 0.05) is 11.2 Å². The van der Waals surface area contributed by atoms with Gasteiger partial charge < -0.3 is 4.74 Å². The first-order valence-electron chi connectivity index (χ1n) is 15.2. The summed E-state index contributed by atoms with van der Waals surface area (Å²) >= 11 is 4.22. The second-order valence-corrected chi connectivity index (χ2v) is 15.1. The largest absolute Gasteiger partial charge is 0.458 e. The maximum atomic E-state index is 12.7. The maximum absolute atomic E-state index is 12.7. The Hall–Kier alpha value is -1.09. The third-order valence-corrected chi connectivity index (χ3v) is 12.4. The molecule has 5 rings (SSSR count). The molecule has 0 saturated heterocycles. The molecule has 0 amide bonds. The van der Waals surface area contributed by atoms with Crippen LogP contribution in [0.5, 0.6) is 0 Å². The van der Waals surface area contributed by atoms with Gasteiger partial charge in [-0.05, 0) is 97.0 Å². The summed E-state index contributed by atoms with van der Waals surface area (Å²) in [5, 5.41) is 0. The number of allylic oxidation sites excluding steroid dienone is 1. The highest BCUT2D eigenvalue weighted by Gasteiger charge is 2.61. The van der Waals surface area contributed by atoms with Gasteiger partial charge in [0.2, 0.25) is 0 Å². The van der Waals surface area contributed by atoms with E-state index in [1.54, 1.807) is 5.57 Å². The van der Waals surface area contributed by atoms with Crippen LogP contribution >= 0.6 is 15.9 Å². The molecular formula is C34H49BrO2. The molecule has 0 aliphatic heterocycles. The van der Waals surface area contributed by atoms with Crippen LogP contribution < -0.4 is 0 Å². The Morgan fingerprint density at radius 3 is 2.49 bits per heavy atom. The lowest BCUT2D eigenvalue weighted by Gasteiger charge is -2.59.